The third-order valence-corrected chi connectivity index (χ3v) is 3.85. The minimum Gasteiger partial charge on any atom is -0.399 e. The zero-order valence-corrected chi connectivity index (χ0v) is 12.6. The number of nitrogen functional groups attached to an aromatic ring is 1. The van der Waals surface area contributed by atoms with Crippen LogP contribution >= 0.6 is 15.9 Å². The lowest BCUT2D eigenvalue weighted by atomic mass is 10.0. The molecule has 1 aliphatic rings. The highest BCUT2D eigenvalue weighted by molar-refractivity contribution is 9.10. The maximum atomic E-state index is 5.87. The number of hydrogen-bond donors (Lipinski definition) is 1. The second kappa shape index (κ2) is 5.88. The van der Waals surface area contributed by atoms with E-state index >= 15 is 0 Å². The number of benzene rings is 1. The van der Waals surface area contributed by atoms with E-state index in [1.54, 1.807) is 0 Å². The molecule has 1 saturated heterocycles. The van der Waals surface area contributed by atoms with E-state index in [0.717, 1.165) is 48.5 Å². The normalized spacial score (nSPS) is 19.1. The van der Waals surface area contributed by atoms with E-state index < -0.39 is 0 Å². The number of nitrogens with zero attached hydrogens (tertiary/aromatic N) is 4. The summed E-state index contributed by atoms with van der Waals surface area (Å²) in [6, 6.07) is 5.70. The van der Waals surface area contributed by atoms with Gasteiger partial charge in [-0.05, 0) is 41.5 Å². The van der Waals surface area contributed by atoms with Crippen molar-refractivity contribution in [3.05, 3.63) is 22.7 Å². The van der Waals surface area contributed by atoms with Gasteiger partial charge in [0.25, 0.3) is 0 Å². The van der Waals surface area contributed by atoms with E-state index in [4.69, 9.17) is 10.5 Å². The molecule has 1 fully saturated rings. The van der Waals surface area contributed by atoms with Crippen LogP contribution in [-0.4, -0.2) is 33.4 Å². The molecule has 0 radical (unpaired) electrons. The minimum atomic E-state index is 0.468. The van der Waals surface area contributed by atoms with Gasteiger partial charge in [0.1, 0.15) is 0 Å². The molecule has 0 saturated carbocycles. The second-order valence-corrected chi connectivity index (χ2v) is 5.96. The average Bonchev–Trinajstić information content (AvgIpc) is 2.87. The largest absolute Gasteiger partial charge is 0.399 e. The molecule has 0 aliphatic carbocycles. The van der Waals surface area contributed by atoms with Crippen LogP contribution in [-0.2, 0) is 11.3 Å². The van der Waals surface area contributed by atoms with Crippen LogP contribution in [0.25, 0.3) is 11.4 Å². The first-order chi connectivity index (χ1) is 9.72. The molecule has 3 rings (SSSR count). The monoisotopic (exact) mass is 337 g/mol. The number of halogens is 1. The van der Waals surface area contributed by atoms with E-state index in [0.29, 0.717) is 11.6 Å². The molecule has 2 heterocycles. The van der Waals surface area contributed by atoms with Crippen molar-refractivity contribution in [1.82, 2.24) is 20.2 Å². The first-order valence-corrected chi connectivity index (χ1v) is 7.42. The van der Waals surface area contributed by atoms with Gasteiger partial charge in [-0.3, -0.25) is 0 Å². The lowest BCUT2D eigenvalue weighted by Crippen LogP contribution is -2.23. The van der Waals surface area contributed by atoms with Gasteiger partial charge >= 0.3 is 0 Å². The summed E-state index contributed by atoms with van der Waals surface area (Å²) in [7, 11) is 0. The van der Waals surface area contributed by atoms with Crippen molar-refractivity contribution in [2.24, 2.45) is 5.92 Å². The Labute approximate surface area is 125 Å². The van der Waals surface area contributed by atoms with Gasteiger partial charge in [-0.15, -0.1) is 5.10 Å². The maximum Gasteiger partial charge on any atom is 0.182 e. The summed E-state index contributed by atoms with van der Waals surface area (Å²) < 4.78 is 8.26. The number of aromatic nitrogens is 4. The predicted octanol–water partition coefficient (Wildman–Crippen LogP) is 2.11. The van der Waals surface area contributed by atoms with Crippen molar-refractivity contribution in [3.8, 4) is 11.4 Å². The summed E-state index contributed by atoms with van der Waals surface area (Å²) >= 11 is 3.44. The Bertz CT molecular complexity index is 574. The van der Waals surface area contributed by atoms with Crippen LogP contribution in [0.4, 0.5) is 5.69 Å². The summed E-state index contributed by atoms with van der Waals surface area (Å²) in [5, 5.41) is 12.0. The quantitative estimate of drug-likeness (QED) is 0.867. The molecule has 6 nitrogen and oxygen atoms in total. The van der Waals surface area contributed by atoms with E-state index in [2.05, 4.69) is 31.5 Å². The molecule has 0 amide bonds. The van der Waals surface area contributed by atoms with Crippen molar-refractivity contribution in [1.29, 1.82) is 0 Å². The van der Waals surface area contributed by atoms with Crippen LogP contribution in [0.1, 0.15) is 12.8 Å². The maximum absolute atomic E-state index is 5.87. The Balaban J connectivity index is 1.85. The molecular weight excluding hydrogens is 322 g/mol. The number of hydrogen-bond acceptors (Lipinski definition) is 5. The standard InChI is InChI=1S/C13H16BrN5O/c14-11-4-10(5-12(15)6-11)13-16-17-18-19(13)7-9-2-1-3-20-8-9/h4-6,9H,1-3,7-8,15H2. The Morgan fingerprint density at radius 1 is 1.40 bits per heavy atom. The molecule has 1 aromatic carbocycles. The zero-order valence-electron chi connectivity index (χ0n) is 11.0. The lowest BCUT2D eigenvalue weighted by Gasteiger charge is -2.21. The summed E-state index contributed by atoms with van der Waals surface area (Å²) in [5.41, 5.74) is 7.47. The van der Waals surface area contributed by atoms with Crippen molar-refractivity contribution < 1.29 is 4.74 Å². The van der Waals surface area contributed by atoms with Crippen molar-refractivity contribution in [2.45, 2.75) is 19.4 Å². The molecule has 1 aliphatic heterocycles. The first kappa shape index (κ1) is 13.5. The molecule has 1 atom stereocenters. The van der Waals surface area contributed by atoms with Crippen LogP contribution in [0.5, 0.6) is 0 Å². The third-order valence-electron chi connectivity index (χ3n) is 3.40. The van der Waals surface area contributed by atoms with Crippen LogP contribution in [0.3, 0.4) is 0 Å². The third kappa shape index (κ3) is 2.99. The van der Waals surface area contributed by atoms with Crippen LogP contribution < -0.4 is 5.73 Å². The van der Waals surface area contributed by atoms with E-state index in [9.17, 15) is 0 Å². The number of tetrazole rings is 1. The fraction of sp³-hybridized carbons (Fsp3) is 0.462. The highest BCUT2D eigenvalue weighted by Gasteiger charge is 2.18. The molecule has 7 heteroatoms. The van der Waals surface area contributed by atoms with Gasteiger partial charge in [0, 0.05) is 28.2 Å². The van der Waals surface area contributed by atoms with Crippen LogP contribution in [0, 0.1) is 5.92 Å². The Kier molecular flexibility index (Phi) is 3.98. The highest BCUT2D eigenvalue weighted by Crippen LogP contribution is 2.25. The van der Waals surface area contributed by atoms with Crippen LogP contribution in [0.2, 0.25) is 0 Å². The second-order valence-electron chi connectivity index (χ2n) is 5.04. The Morgan fingerprint density at radius 2 is 2.30 bits per heavy atom. The molecule has 0 bridgehead atoms. The van der Waals surface area contributed by atoms with Crippen molar-refractivity contribution in [2.75, 3.05) is 18.9 Å². The molecule has 1 aromatic heterocycles. The Hall–Kier alpha value is -1.47. The van der Waals surface area contributed by atoms with Gasteiger partial charge in [0.2, 0.25) is 0 Å². The van der Waals surface area contributed by atoms with E-state index in [-0.39, 0.29) is 0 Å². The van der Waals surface area contributed by atoms with Crippen molar-refractivity contribution >= 4 is 21.6 Å². The first-order valence-electron chi connectivity index (χ1n) is 6.63. The topological polar surface area (TPSA) is 78.9 Å². The molecule has 0 spiro atoms. The van der Waals surface area contributed by atoms with E-state index in [1.165, 1.54) is 0 Å². The number of ether oxygens (including phenoxy) is 1. The Morgan fingerprint density at radius 3 is 3.05 bits per heavy atom. The molecule has 106 valence electrons. The molecule has 2 N–H and O–H groups in total. The van der Waals surface area contributed by atoms with Gasteiger partial charge in [0.15, 0.2) is 5.82 Å². The summed E-state index contributed by atoms with van der Waals surface area (Å²) in [5.74, 6) is 1.21. The lowest BCUT2D eigenvalue weighted by molar-refractivity contribution is 0.0470. The molecule has 2 aromatic rings. The fourth-order valence-electron chi connectivity index (χ4n) is 2.47. The number of nitrogens with two attached hydrogens (primary N) is 1. The fourth-order valence-corrected chi connectivity index (χ4v) is 2.98. The van der Waals surface area contributed by atoms with Gasteiger partial charge < -0.3 is 10.5 Å². The van der Waals surface area contributed by atoms with Gasteiger partial charge in [-0.2, -0.15) is 0 Å². The number of rotatable bonds is 3. The van der Waals surface area contributed by atoms with Crippen LogP contribution in [0.15, 0.2) is 22.7 Å². The highest BCUT2D eigenvalue weighted by atomic mass is 79.9. The van der Waals surface area contributed by atoms with E-state index in [1.807, 2.05) is 22.9 Å². The smallest absolute Gasteiger partial charge is 0.182 e. The van der Waals surface area contributed by atoms with Gasteiger partial charge in [-0.1, -0.05) is 15.9 Å². The molecule has 20 heavy (non-hydrogen) atoms. The van der Waals surface area contributed by atoms with Gasteiger partial charge in [0.05, 0.1) is 13.2 Å². The zero-order chi connectivity index (χ0) is 13.9. The summed E-state index contributed by atoms with van der Waals surface area (Å²) in [4.78, 5) is 0. The average molecular weight is 338 g/mol. The SMILES string of the molecule is Nc1cc(Br)cc(-c2nnnn2CC2CCCOC2)c1. The van der Waals surface area contributed by atoms with Gasteiger partial charge in [-0.25, -0.2) is 4.68 Å². The summed E-state index contributed by atoms with van der Waals surface area (Å²) in [6.07, 6.45) is 2.26. The molecule has 1 unspecified atom stereocenters. The summed E-state index contributed by atoms with van der Waals surface area (Å²) in [6.45, 7) is 2.41. The van der Waals surface area contributed by atoms with Crippen molar-refractivity contribution in [3.63, 3.8) is 0 Å². The minimum absolute atomic E-state index is 0.468. The number of anilines is 1. The molecular formula is C13H16BrN5O. The predicted molar refractivity (Wildman–Crippen MR) is 78.9 cm³/mol.